The summed E-state index contributed by atoms with van der Waals surface area (Å²) in [5.74, 6) is 0.459. The van der Waals surface area contributed by atoms with Crippen LogP contribution in [0.15, 0.2) is 65.8 Å². The van der Waals surface area contributed by atoms with E-state index in [1.54, 1.807) is 30.5 Å². The molecule has 1 unspecified atom stereocenters. The molecule has 11 heteroatoms. The van der Waals surface area contributed by atoms with E-state index in [1.165, 1.54) is 6.07 Å². The van der Waals surface area contributed by atoms with Gasteiger partial charge in [0, 0.05) is 29.7 Å². The number of carbonyl (C=O) groups excluding carboxylic acids is 1. The Morgan fingerprint density at radius 1 is 1.07 bits per heavy atom. The van der Waals surface area contributed by atoms with E-state index in [1.807, 2.05) is 45.0 Å². The lowest BCUT2D eigenvalue weighted by Crippen LogP contribution is -2.41. The fourth-order valence-electron chi connectivity index (χ4n) is 4.77. The number of anilines is 4. The first-order chi connectivity index (χ1) is 18.7. The van der Waals surface area contributed by atoms with Crippen LogP contribution in [0.4, 0.5) is 23.0 Å². The van der Waals surface area contributed by atoms with E-state index < -0.39 is 15.9 Å². The monoisotopic (exact) mass is 566 g/mol. The van der Waals surface area contributed by atoms with Crippen molar-refractivity contribution in [1.29, 1.82) is 0 Å². The Kier molecular flexibility index (Phi) is 8.36. The fraction of sp³-hybridized carbons (Fsp3) is 0.414. The minimum atomic E-state index is -4.25. The first-order valence-electron chi connectivity index (χ1n) is 13.3. The third-order valence-corrected chi connectivity index (χ3v) is 7.76. The highest BCUT2D eigenvalue weighted by Gasteiger charge is 2.39. The molecule has 4 rings (SSSR count). The zero-order valence-electron chi connectivity index (χ0n) is 23.9. The number of amides is 1. The van der Waals surface area contributed by atoms with E-state index in [4.69, 9.17) is 4.74 Å². The van der Waals surface area contributed by atoms with Crippen LogP contribution in [-0.2, 0) is 14.8 Å². The standard InChI is InChI=1S/C29H38N6O4S/c1-20-17-29(5,6)35(18-20)26-23(9-8-16-30-26)27(36)34-40(37,38)25-11-7-10-24(33-25)32-22-14-12-21(13-15-22)31-19-39-28(2,3)4/h7-16,20,31H,17-19H2,1-6H3,(H,32,33)(H,34,36). The molecule has 1 fully saturated rings. The summed E-state index contributed by atoms with van der Waals surface area (Å²) in [6.45, 7) is 13.4. The summed E-state index contributed by atoms with van der Waals surface area (Å²) in [6.07, 6.45) is 2.55. The molecule has 2 aromatic heterocycles. The van der Waals surface area contributed by atoms with Crippen LogP contribution in [0.3, 0.4) is 0 Å². The fourth-order valence-corrected chi connectivity index (χ4v) is 5.70. The highest BCUT2D eigenvalue weighted by molar-refractivity contribution is 7.90. The summed E-state index contributed by atoms with van der Waals surface area (Å²) < 4.78 is 34.2. The van der Waals surface area contributed by atoms with E-state index in [0.717, 1.165) is 24.3 Å². The Hall–Kier alpha value is -3.70. The second kappa shape index (κ2) is 11.4. The number of hydrogen-bond donors (Lipinski definition) is 3. The third-order valence-electron chi connectivity index (χ3n) is 6.52. The van der Waals surface area contributed by atoms with Crippen LogP contribution >= 0.6 is 0 Å². The van der Waals surface area contributed by atoms with Gasteiger partial charge in [-0.05, 0) is 95.5 Å². The summed E-state index contributed by atoms with van der Waals surface area (Å²) in [4.78, 5) is 24.0. The second-order valence-electron chi connectivity index (χ2n) is 11.7. The van der Waals surface area contributed by atoms with Crippen molar-refractivity contribution in [2.45, 2.75) is 64.1 Å². The molecule has 1 aliphatic rings. The maximum Gasteiger partial charge on any atom is 0.281 e. The summed E-state index contributed by atoms with van der Waals surface area (Å²) in [5, 5.41) is 6.02. The number of rotatable bonds is 9. The van der Waals surface area contributed by atoms with E-state index in [0.29, 0.717) is 24.3 Å². The molecule has 1 amide bonds. The lowest BCUT2D eigenvalue weighted by molar-refractivity contribution is 0.00845. The van der Waals surface area contributed by atoms with Crippen LogP contribution in [0, 0.1) is 5.92 Å². The van der Waals surface area contributed by atoms with Crippen LogP contribution in [0.2, 0.25) is 0 Å². The maximum absolute atomic E-state index is 13.2. The van der Waals surface area contributed by atoms with Crippen molar-refractivity contribution in [1.82, 2.24) is 14.7 Å². The Bertz CT molecular complexity index is 1450. The van der Waals surface area contributed by atoms with Crippen LogP contribution in [0.25, 0.3) is 0 Å². The van der Waals surface area contributed by atoms with Gasteiger partial charge in [-0.1, -0.05) is 13.0 Å². The van der Waals surface area contributed by atoms with Crippen LogP contribution in [-0.4, -0.2) is 48.7 Å². The topological polar surface area (TPSA) is 126 Å². The van der Waals surface area contributed by atoms with Gasteiger partial charge in [0.2, 0.25) is 0 Å². The zero-order valence-corrected chi connectivity index (χ0v) is 24.7. The number of benzene rings is 1. The molecule has 214 valence electrons. The lowest BCUT2D eigenvalue weighted by atomic mass is 9.97. The van der Waals surface area contributed by atoms with Gasteiger partial charge in [0.25, 0.3) is 15.9 Å². The predicted molar refractivity (Wildman–Crippen MR) is 157 cm³/mol. The van der Waals surface area contributed by atoms with Gasteiger partial charge in [-0.3, -0.25) is 4.79 Å². The van der Waals surface area contributed by atoms with E-state index in [2.05, 4.69) is 51.0 Å². The second-order valence-corrected chi connectivity index (χ2v) is 13.3. The van der Waals surface area contributed by atoms with Gasteiger partial charge in [-0.2, -0.15) is 8.42 Å². The number of carbonyl (C=O) groups is 1. The molecular weight excluding hydrogens is 528 g/mol. The summed E-state index contributed by atoms with van der Waals surface area (Å²) in [6, 6.07) is 15.2. The van der Waals surface area contributed by atoms with Crippen molar-refractivity contribution in [3.63, 3.8) is 0 Å². The van der Waals surface area contributed by atoms with Crippen LogP contribution < -0.4 is 20.3 Å². The molecule has 40 heavy (non-hydrogen) atoms. The van der Waals surface area contributed by atoms with Crippen molar-refractivity contribution in [2.24, 2.45) is 5.92 Å². The molecule has 1 atom stereocenters. The van der Waals surface area contributed by atoms with Crippen molar-refractivity contribution in [3.05, 3.63) is 66.4 Å². The normalized spacial score (nSPS) is 16.9. The van der Waals surface area contributed by atoms with Crippen molar-refractivity contribution >= 4 is 38.9 Å². The van der Waals surface area contributed by atoms with Gasteiger partial charge >= 0.3 is 0 Å². The molecule has 3 aromatic rings. The number of pyridine rings is 2. The predicted octanol–water partition coefficient (Wildman–Crippen LogP) is 5.15. The molecule has 0 radical (unpaired) electrons. The first kappa shape index (κ1) is 29.3. The summed E-state index contributed by atoms with van der Waals surface area (Å²) in [7, 11) is -4.25. The first-order valence-corrected chi connectivity index (χ1v) is 14.7. The highest BCUT2D eigenvalue weighted by atomic mass is 32.2. The number of aromatic nitrogens is 2. The average Bonchev–Trinajstić information content (AvgIpc) is 3.15. The van der Waals surface area contributed by atoms with Crippen LogP contribution in [0.5, 0.6) is 0 Å². The molecule has 0 saturated carbocycles. The largest absolute Gasteiger partial charge is 0.363 e. The molecule has 1 aliphatic heterocycles. The number of ether oxygens (including phenoxy) is 1. The van der Waals surface area contributed by atoms with Crippen LogP contribution in [0.1, 0.15) is 58.3 Å². The van der Waals surface area contributed by atoms with E-state index in [9.17, 15) is 13.2 Å². The lowest BCUT2D eigenvalue weighted by Gasteiger charge is -2.33. The summed E-state index contributed by atoms with van der Waals surface area (Å²) >= 11 is 0. The average molecular weight is 567 g/mol. The molecule has 1 saturated heterocycles. The molecule has 0 spiro atoms. The zero-order chi connectivity index (χ0) is 29.1. The van der Waals surface area contributed by atoms with Gasteiger partial charge in [-0.25, -0.2) is 14.7 Å². The van der Waals surface area contributed by atoms with Crippen molar-refractivity contribution in [3.8, 4) is 0 Å². The maximum atomic E-state index is 13.2. The Balaban J connectivity index is 1.45. The van der Waals surface area contributed by atoms with E-state index in [-0.39, 0.29) is 21.7 Å². The molecule has 1 aromatic carbocycles. The molecular formula is C29H38N6O4S. The summed E-state index contributed by atoms with van der Waals surface area (Å²) in [5.41, 5.74) is 1.34. The number of hydrogen-bond acceptors (Lipinski definition) is 9. The minimum absolute atomic E-state index is 0.198. The van der Waals surface area contributed by atoms with Gasteiger partial charge in [-0.15, -0.1) is 0 Å². The number of nitrogens with zero attached hydrogens (tertiary/aromatic N) is 3. The number of sulfonamides is 1. The van der Waals surface area contributed by atoms with Gasteiger partial charge in [0.05, 0.1) is 11.2 Å². The van der Waals surface area contributed by atoms with Gasteiger partial charge in [0.1, 0.15) is 18.4 Å². The van der Waals surface area contributed by atoms with Crippen molar-refractivity contribution in [2.75, 3.05) is 28.8 Å². The quantitative estimate of drug-likeness (QED) is 0.302. The van der Waals surface area contributed by atoms with Crippen molar-refractivity contribution < 1.29 is 17.9 Å². The van der Waals surface area contributed by atoms with E-state index >= 15 is 0 Å². The minimum Gasteiger partial charge on any atom is -0.363 e. The molecule has 3 heterocycles. The smallest absolute Gasteiger partial charge is 0.281 e. The highest BCUT2D eigenvalue weighted by Crippen LogP contribution is 2.37. The Morgan fingerprint density at radius 3 is 2.42 bits per heavy atom. The number of nitrogens with one attached hydrogen (secondary N) is 3. The van der Waals surface area contributed by atoms with Gasteiger partial charge in [0.15, 0.2) is 5.03 Å². The Morgan fingerprint density at radius 2 is 1.77 bits per heavy atom. The molecule has 3 N–H and O–H groups in total. The Labute approximate surface area is 236 Å². The third kappa shape index (κ3) is 7.28. The van der Waals surface area contributed by atoms with Gasteiger partial charge < -0.3 is 20.3 Å². The SMILES string of the molecule is CC1CN(c2ncccc2C(=O)NS(=O)(=O)c2cccc(Nc3ccc(NCOC(C)(C)C)cc3)n2)C(C)(C)C1. The molecule has 0 bridgehead atoms. The molecule has 10 nitrogen and oxygen atoms in total. The molecule has 0 aliphatic carbocycles.